The van der Waals surface area contributed by atoms with Crippen molar-refractivity contribution in [2.75, 3.05) is 44.9 Å². The minimum absolute atomic E-state index is 0.0510. The molecule has 0 aliphatic carbocycles. The Morgan fingerprint density at radius 1 is 1.43 bits per heavy atom. The number of methoxy groups -OCH3 is 1. The van der Waals surface area contributed by atoms with Crippen molar-refractivity contribution in [1.29, 1.82) is 0 Å². The first-order chi connectivity index (χ1) is 11.1. The highest BCUT2D eigenvalue weighted by molar-refractivity contribution is 5.77. The number of nitrogens with zero attached hydrogens (tertiary/aromatic N) is 1. The second-order valence-corrected chi connectivity index (χ2v) is 5.83. The maximum absolute atomic E-state index is 13.2. The average molecular weight is 324 g/mol. The van der Waals surface area contributed by atoms with Crippen LogP contribution in [0, 0.1) is 12.7 Å². The normalized spacial score (nSPS) is 18.0. The molecule has 0 radical (unpaired) electrons. The Morgan fingerprint density at radius 3 is 3.00 bits per heavy atom. The topological polar surface area (TPSA) is 50.8 Å². The van der Waals surface area contributed by atoms with Gasteiger partial charge in [0.05, 0.1) is 13.2 Å². The number of halogens is 1. The zero-order valence-electron chi connectivity index (χ0n) is 13.8. The number of amides is 1. The van der Waals surface area contributed by atoms with Gasteiger partial charge in [0, 0.05) is 31.9 Å². The largest absolute Gasteiger partial charge is 0.382 e. The van der Waals surface area contributed by atoms with Crippen LogP contribution >= 0.6 is 0 Å². The highest BCUT2D eigenvalue weighted by Crippen LogP contribution is 2.24. The number of hydrogen-bond acceptors (Lipinski definition) is 4. The van der Waals surface area contributed by atoms with Gasteiger partial charge in [0.15, 0.2) is 0 Å². The molecule has 1 fully saturated rings. The summed E-state index contributed by atoms with van der Waals surface area (Å²) in [5.74, 6) is -0.329. The van der Waals surface area contributed by atoms with Gasteiger partial charge in [0.2, 0.25) is 5.91 Å². The number of ether oxygens (including phenoxy) is 2. The zero-order chi connectivity index (χ0) is 16.7. The van der Waals surface area contributed by atoms with E-state index in [0.29, 0.717) is 13.2 Å². The summed E-state index contributed by atoms with van der Waals surface area (Å²) in [7, 11) is 1.59. The molecule has 1 aromatic carbocycles. The molecule has 6 heteroatoms. The maximum Gasteiger partial charge on any atom is 0.246 e. The van der Waals surface area contributed by atoms with E-state index in [0.717, 1.165) is 37.2 Å². The molecule has 1 aromatic rings. The minimum atomic E-state index is -0.221. The van der Waals surface area contributed by atoms with E-state index < -0.39 is 0 Å². The Morgan fingerprint density at radius 2 is 2.26 bits per heavy atom. The van der Waals surface area contributed by atoms with Crippen LogP contribution in [-0.2, 0) is 14.3 Å². The first kappa shape index (κ1) is 17.7. The summed E-state index contributed by atoms with van der Waals surface area (Å²) < 4.78 is 23.3. The molecule has 2 rings (SSSR count). The predicted octanol–water partition coefficient (Wildman–Crippen LogP) is 1.88. The maximum atomic E-state index is 13.2. The molecule has 1 atom stereocenters. The molecule has 1 aliphatic rings. The quantitative estimate of drug-likeness (QED) is 0.778. The average Bonchev–Trinajstić information content (AvgIpc) is 2.52. The molecule has 5 nitrogen and oxygen atoms in total. The smallest absolute Gasteiger partial charge is 0.246 e. The fourth-order valence-corrected chi connectivity index (χ4v) is 2.86. The summed E-state index contributed by atoms with van der Waals surface area (Å²) in [6.07, 6.45) is 1.94. The Labute approximate surface area is 136 Å². The van der Waals surface area contributed by atoms with Crippen LogP contribution in [0.4, 0.5) is 10.1 Å². The Balaban J connectivity index is 1.84. The summed E-state index contributed by atoms with van der Waals surface area (Å²) in [6.45, 7) is 4.50. The van der Waals surface area contributed by atoms with E-state index in [1.54, 1.807) is 13.2 Å². The van der Waals surface area contributed by atoms with Gasteiger partial charge in [-0.2, -0.15) is 0 Å². The molecule has 128 valence electrons. The Bertz CT molecular complexity index is 525. The first-order valence-electron chi connectivity index (χ1n) is 7.97. The van der Waals surface area contributed by atoms with Crippen molar-refractivity contribution < 1.29 is 18.7 Å². The third-order valence-corrected chi connectivity index (χ3v) is 3.95. The number of nitrogens with one attached hydrogen (secondary N) is 1. The van der Waals surface area contributed by atoms with Crippen LogP contribution in [0.15, 0.2) is 18.2 Å². The molecule has 0 unspecified atom stereocenters. The van der Waals surface area contributed by atoms with E-state index in [4.69, 9.17) is 9.47 Å². The predicted molar refractivity (Wildman–Crippen MR) is 87.2 cm³/mol. The third kappa shape index (κ3) is 5.48. The summed E-state index contributed by atoms with van der Waals surface area (Å²) >= 11 is 0. The third-order valence-electron chi connectivity index (χ3n) is 3.95. The van der Waals surface area contributed by atoms with Crippen molar-refractivity contribution in [2.45, 2.75) is 25.8 Å². The highest BCUT2D eigenvalue weighted by atomic mass is 19.1. The van der Waals surface area contributed by atoms with Gasteiger partial charge in [-0.15, -0.1) is 0 Å². The van der Waals surface area contributed by atoms with E-state index in [2.05, 4.69) is 10.2 Å². The van der Waals surface area contributed by atoms with Crippen LogP contribution in [0.5, 0.6) is 0 Å². The van der Waals surface area contributed by atoms with Gasteiger partial charge < -0.3 is 19.7 Å². The van der Waals surface area contributed by atoms with Crippen LogP contribution in [-0.4, -0.2) is 52.0 Å². The fourth-order valence-electron chi connectivity index (χ4n) is 2.86. The van der Waals surface area contributed by atoms with Gasteiger partial charge in [0.25, 0.3) is 0 Å². The van der Waals surface area contributed by atoms with Crippen molar-refractivity contribution >= 4 is 11.6 Å². The first-order valence-corrected chi connectivity index (χ1v) is 7.97. The lowest BCUT2D eigenvalue weighted by atomic mass is 10.0. The number of carbonyl (C=O) groups is 1. The van der Waals surface area contributed by atoms with Crippen LogP contribution in [0.3, 0.4) is 0 Å². The van der Waals surface area contributed by atoms with Crippen molar-refractivity contribution in [1.82, 2.24) is 5.32 Å². The number of anilines is 1. The molecule has 1 aliphatic heterocycles. The molecule has 0 saturated carbocycles. The molecular weight excluding hydrogens is 299 g/mol. The van der Waals surface area contributed by atoms with E-state index in [1.165, 1.54) is 6.07 Å². The molecule has 0 aromatic heterocycles. The summed E-state index contributed by atoms with van der Waals surface area (Å²) in [4.78, 5) is 14.1. The van der Waals surface area contributed by atoms with Gasteiger partial charge in [-0.3, -0.25) is 4.79 Å². The van der Waals surface area contributed by atoms with Crippen LogP contribution in [0.1, 0.15) is 18.4 Å². The molecular formula is C17H25FN2O3. The summed E-state index contributed by atoms with van der Waals surface area (Å²) in [6, 6.07) is 4.92. The number of benzene rings is 1. The van der Waals surface area contributed by atoms with Gasteiger partial charge in [-0.1, -0.05) is 0 Å². The standard InChI is InChI=1S/C17H25FN2O3/c1-13-10-14(18)5-6-16(13)20-7-3-4-15(11-20)19-17(21)12-23-9-8-22-2/h5-6,10,15H,3-4,7-9,11-12H2,1-2H3,(H,19,21)/t15-/m0/s1. The molecule has 0 bridgehead atoms. The van der Waals surface area contributed by atoms with Gasteiger partial charge in [0.1, 0.15) is 12.4 Å². The molecule has 1 amide bonds. The minimum Gasteiger partial charge on any atom is -0.382 e. The number of hydrogen-bond donors (Lipinski definition) is 1. The summed E-state index contributed by atoms with van der Waals surface area (Å²) in [5, 5.41) is 3.01. The Hall–Kier alpha value is -1.66. The van der Waals surface area contributed by atoms with E-state index in [9.17, 15) is 9.18 Å². The highest BCUT2D eigenvalue weighted by Gasteiger charge is 2.22. The second kappa shape index (κ2) is 8.84. The SMILES string of the molecule is COCCOCC(=O)N[C@H]1CCCN(c2ccc(F)cc2C)C1. The number of carbonyl (C=O) groups excluding carboxylic acids is 1. The molecule has 1 heterocycles. The van der Waals surface area contributed by atoms with Crippen LogP contribution < -0.4 is 10.2 Å². The number of aryl methyl sites for hydroxylation is 1. The van der Waals surface area contributed by atoms with Crippen LogP contribution in [0.25, 0.3) is 0 Å². The van der Waals surface area contributed by atoms with Crippen molar-refractivity contribution in [3.05, 3.63) is 29.6 Å². The van der Waals surface area contributed by atoms with E-state index in [1.807, 2.05) is 13.0 Å². The Kier molecular flexibility index (Phi) is 6.80. The lowest BCUT2D eigenvalue weighted by molar-refractivity contribution is -0.126. The van der Waals surface area contributed by atoms with Crippen molar-refractivity contribution in [2.24, 2.45) is 0 Å². The second-order valence-electron chi connectivity index (χ2n) is 5.83. The van der Waals surface area contributed by atoms with Crippen molar-refractivity contribution in [3.63, 3.8) is 0 Å². The van der Waals surface area contributed by atoms with E-state index >= 15 is 0 Å². The lowest BCUT2D eigenvalue weighted by Crippen LogP contribution is -2.48. The summed E-state index contributed by atoms with van der Waals surface area (Å²) in [5.41, 5.74) is 1.95. The van der Waals surface area contributed by atoms with E-state index in [-0.39, 0.29) is 24.4 Å². The monoisotopic (exact) mass is 324 g/mol. The van der Waals surface area contributed by atoms with Gasteiger partial charge in [-0.25, -0.2) is 4.39 Å². The van der Waals surface area contributed by atoms with Crippen LogP contribution in [0.2, 0.25) is 0 Å². The number of rotatable bonds is 7. The molecule has 0 spiro atoms. The van der Waals surface area contributed by atoms with Crippen molar-refractivity contribution in [3.8, 4) is 0 Å². The molecule has 1 N–H and O–H groups in total. The van der Waals surface area contributed by atoms with Gasteiger partial charge in [-0.05, 0) is 43.5 Å². The van der Waals surface area contributed by atoms with Gasteiger partial charge >= 0.3 is 0 Å². The fraction of sp³-hybridized carbons (Fsp3) is 0.588. The number of piperidine rings is 1. The molecule has 23 heavy (non-hydrogen) atoms. The molecule has 1 saturated heterocycles. The lowest BCUT2D eigenvalue weighted by Gasteiger charge is -2.35. The zero-order valence-corrected chi connectivity index (χ0v) is 13.8.